The monoisotopic (exact) mass is 200 g/mol. The Morgan fingerprint density at radius 3 is 2.14 bits per heavy atom. The van der Waals surface area contributed by atoms with E-state index in [4.69, 9.17) is 4.74 Å². The van der Waals surface area contributed by atoms with E-state index in [-0.39, 0.29) is 6.10 Å². The normalized spacial score (nSPS) is 26.6. The van der Waals surface area contributed by atoms with E-state index in [0.29, 0.717) is 5.92 Å². The van der Waals surface area contributed by atoms with Gasteiger partial charge in [-0.25, -0.2) is 0 Å². The Labute approximate surface area is 87.7 Å². The van der Waals surface area contributed by atoms with Gasteiger partial charge >= 0.3 is 0 Å². The Morgan fingerprint density at radius 2 is 1.71 bits per heavy atom. The maximum absolute atomic E-state index is 10.4. The van der Waals surface area contributed by atoms with Crippen LogP contribution < -0.4 is 0 Å². The van der Waals surface area contributed by atoms with Crippen LogP contribution in [0.3, 0.4) is 0 Å². The first kappa shape index (κ1) is 12.0. The molecule has 0 bridgehead atoms. The maximum atomic E-state index is 10.4. The summed E-state index contributed by atoms with van der Waals surface area (Å²) in [7, 11) is 1.68. The molecule has 0 saturated heterocycles. The number of rotatable bonds is 3. The van der Waals surface area contributed by atoms with E-state index < -0.39 is 5.60 Å². The second-order valence-corrected chi connectivity index (χ2v) is 4.79. The molecule has 0 heterocycles. The van der Waals surface area contributed by atoms with Crippen LogP contribution in [-0.2, 0) is 4.74 Å². The molecule has 0 radical (unpaired) electrons. The molecule has 1 saturated carbocycles. The minimum atomic E-state index is -0.654. The summed E-state index contributed by atoms with van der Waals surface area (Å²) in [5.41, 5.74) is -0.654. The molecule has 84 valence electrons. The quantitative estimate of drug-likeness (QED) is 0.710. The Hall–Kier alpha value is -0.0800. The minimum Gasteiger partial charge on any atom is -0.387 e. The zero-order valence-electron chi connectivity index (χ0n) is 9.75. The van der Waals surface area contributed by atoms with Crippen LogP contribution in [0.25, 0.3) is 0 Å². The Balaban J connectivity index is 2.59. The third-order valence-electron chi connectivity index (χ3n) is 3.86. The van der Waals surface area contributed by atoms with Gasteiger partial charge in [0, 0.05) is 7.11 Å². The molecule has 2 nitrogen and oxygen atoms in total. The SMILES string of the molecule is COC(C)C(C)(O)C1CCCCCC1. The van der Waals surface area contributed by atoms with Crippen molar-refractivity contribution in [2.75, 3.05) is 7.11 Å². The van der Waals surface area contributed by atoms with Gasteiger partial charge in [0.2, 0.25) is 0 Å². The molecule has 1 rings (SSSR count). The predicted molar refractivity (Wildman–Crippen MR) is 58.3 cm³/mol. The number of ether oxygens (including phenoxy) is 1. The van der Waals surface area contributed by atoms with Crippen molar-refractivity contribution in [3.05, 3.63) is 0 Å². The largest absolute Gasteiger partial charge is 0.387 e. The Kier molecular flexibility index (Phi) is 4.39. The summed E-state index contributed by atoms with van der Waals surface area (Å²) in [5.74, 6) is 0.417. The molecule has 2 atom stereocenters. The highest BCUT2D eigenvalue weighted by Crippen LogP contribution is 2.34. The molecular weight excluding hydrogens is 176 g/mol. The molecule has 1 N–H and O–H groups in total. The van der Waals surface area contributed by atoms with Gasteiger partial charge in [0.25, 0.3) is 0 Å². The lowest BCUT2D eigenvalue weighted by Crippen LogP contribution is -2.45. The average molecular weight is 200 g/mol. The first-order valence-corrected chi connectivity index (χ1v) is 5.84. The van der Waals surface area contributed by atoms with Crippen molar-refractivity contribution >= 4 is 0 Å². The van der Waals surface area contributed by atoms with Crippen LogP contribution in [0, 0.1) is 5.92 Å². The average Bonchev–Trinajstić information content (AvgIpc) is 2.44. The van der Waals surface area contributed by atoms with Crippen LogP contribution in [0.2, 0.25) is 0 Å². The zero-order valence-corrected chi connectivity index (χ0v) is 9.75. The molecule has 1 fully saturated rings. The highest BCUT2D eigenvalue weighted by molar-refractivity contribution is 4.88. The van der Waals surface area contributed by atoms with E-state index >= 15 is 0 Å². The van der Waals surface area contributed by atoms with Gasteiger partial charge in [-0.3, -0.25) is 0 Å². The zero-order chi connectivity index (χ0) is 10.6. The van der Waals surface area contributed by atoms with Crippen molar-refractivity contribution in [3.8, 4) is 0 Å². The van der Waals surface area contributed by atoms with Crippen molar-refractivity contribution in [3.63, 3.8) is 0 Å². The van der Waals surface area contributed by atoms with E-state index in [0.717, 1.165) is 12.8 Å². The molecule has 0 aliphatic heterocycles. The Morgan fingerprint density at radius 1 is 1.21 bits per heavy atom. The molecule has 0 aromatic rings. The number of methoxy groups -OCH3 is 1. The van der Waals surface area contributed by atoms with Gasteiger partial charge < -0.3 is 9.84 Å². The van der Waals surface area contributed by atoms with Gasteiger partial charge in [-0.15, -0.1) is 0 Å². The molecule has 2 heteroatoms. The van der Waals surface area contributed by atoms with E-state index in [9.17, 15) is 5.11 Å². The smallest absolute Gasteiger partial charge is 0.0905 e. The molecule has 0 aromatic carbocycles. The van der Waals surface area contributed by atoms with Crippen LogP contribution >= 0.6 is 0 Å². The summed E-state index contributed by atoms with van der Waals surface area (Å²) >= 11 is 0. The summed E-state index contributed by atoms with van der Waals surface area (Å²) < 4.78 is 5.26. The molecule has 0 aromatic heterocycles. The van der Waals surface area contributed by atoms with Gasteiger partial charge in [0.05, 0.1) is 11.7 Å². The highest BCUT2D eigenvalue weighted by Gasteiger charge is 2.37. The van der Waals surface area contributed by atoms with Crippen LogP contribution in [0.5, 0.6) is 0 Å². The number of hydrogen-bond acceptors (Lipinski definition) is 2. The van der Waals surface area contributed by atoms with Crippen molar-refractivity contribution in [1.29, 1.82) is 0 Å². The molecule has 0 amide bonds. The summed E-state index contributed by atoms with van der Waals surface area (Å²) in [4.78, 5) is 0. The summed E-state index contributed by atoms with van der Waals surface area (Å²) in [5, 5.41) is 10.4. The van der Waals surface area contributed by atoms with Crippen LogP contribution in [-0.4, -0.2) is 23.9 Å². The van der Waals surface area contributed by atoms with E-state index in [1.807, 2.05) is 13.8 Å². The lowest BCUT2D eigenvalue weighted by atomic mass is 9.80. The topological polar surface area (TPSA) is 29.5 Å². The number of hydrogen-bond donors (Lipinski definition) is 1. The predicted octanol–water partition coefficient (Wildman–Crippen LogP) is 2.74. The molecule has 1 aliphatic rings. The molecule has 14 heavy (non-hydrogen) atoms. The standard InChI is InChI=1S/C12H24O2/c1-10(14-3)12(2,13)11-8-6-4-5-7-9-11/h10-11,13H,4-9H2,1-3H3. The van der Waals surface area contributed by atoms with E-state index in [1.165, 1.54) is 25.7 Å². The first-order chi connectivity index (χ1) is 6.59. The highest BCUT2D eigenvalue weighted by atomic mass is 16.5. The van der Waals surface area contributed by atoms with Crippen molar-refractivity contribution in [2.45, 2.75) is 64.1 Å². The van der Waals surface area contributed by atoms with Gasteiger partial charge in [-0.1, -0.05) is 25.7 Å². The van der Waals surface area contributed by atoms with Crippen LogP contribution in [0.15, 0.2) is 0 Å². The second kappa shape index (κ2) is 5.13. The number of aliphatic hydroxyl groups is 1. The molecule has 0 spiro atoms. The summed E-state index contributed by atoms with van der Waals surface area (Å²) in [6.07, 6.45) is 7.42. The molecule has 2 unspecified atom stereocenters. The summed E-state index contributed by atoms with van der Waals surface area (Å²) in [6.45, 7) is 3.89. The van der Waals surface area contributed by atoms with Crippen LogP contribution in [0.4, 0.5) is 0 Å². The second-order valence-electron chi connectivity index (χ2n) is 4.79. The molecular formula is C12H24O2. The van der Waals surface area contributed by atoms with Gasteiger partial charge in [-0.2, -0.15) is 0 Å². The lowest BCUT2D eigenvalue weighted by Gasteiger charge is -2.36. The Bertz CT molecular complexity index is 158. The van der Waals surface area contributed by atoms with Crippen molar-refractivity contribution < 1.29 is 9.84 Å². The van der Waals surface area contributed by atoms with Gasteiger partial charge in [0.1, 0.15) is 0 Å². The first-order valence-electron chi connectivity index (χ1n) is 5.84. The van der Waals surface area contributed by atoms with Crippen molar-refractivity contribution in [1.82, 2.24) is 0 Å². The summed E-state index contributed by atoms with van der Waals surface area (Å²) in [6, 6.07) is 0. The fraction of sp³-hybridized carbons (Fsp3) is 1.00. The third-order valence-corrected chi connectivity index (χ3v) is 3.86. The fourth-order valence-corrected chi connectivity index (χ4v) is 2.43. The van der Waals surface area contributed by atoms with Crippen molar-refractivity contribution in [2.24, 2.45) is 5.92 Å². The maximum Gasteiger partial charge on any atom is 0.0905 e. The van der Waals surface area contributed by atoms with Gasteiger partial charge in [0.15, 0.2) is 0 Å². The van der Waals surface area contributed by atoms with E-state index in [2.05, 4.69) is 0 Å². The minimum absolute atomic E-state index is 0.0643. The van der Waals surface area contributed by atoms with Crippen LogP contribution in [0.1, 0.15) is 52.4 Å². The van der Waals surface area contributed by atoms with E-state index in [1.54, 1.807) is 7.11 Å². The molecule has 1 aliphatic carbocycles. The third kappa shape index (κ3) is 2.71. The lowest BCUT2D eigenvalue weighted by molar-refractivity contribution is -0.111. The fourth-order valence-electron chi connectivity index (χ4n) is 2.43. The van der Waals surface area contributed by atoms with Gasteiger partial charge in [-0.05, 0) is 32.6 Å².